The van der Waals surface area contributed by atoms with Gasteiger partial charge in [0.25, 0.3) is 0 Å². The fourth-order valence-corrected chi connectivity index (χ4v) is 10.9. The molecule has 44 heavy (non-hydrogen) atoms. The summed E-state index contributed by atoms with van der Waals surface area (Å²) in [5.41, 5.74) is 5.82. The van der Waals surface area contributed by atoms with E-state index < -0.39 is 8.07 Å². The number of benzene rings is 5. The van der Waals surface area contributed by atoms with Crippen molar-refractivity contribution < 1.29 is 0 Å². The van der Waals surface area contributed by atoms with Crippen LogP contribution in [0.15, 0.2) is 158 Å². The standard InChI is InChI=1S/C40H38BN2Si/c1-32(2)28-34-18-15-25-38(29-34)44(36-21-11-5-12-22-36,37-23-13-6-14-24-37)31-43-27-26-42-40(43)41-39(35-19-9-4-10-20-35)30-33-16-7-3-8-17-33/h3-27,29-30,32H,28,31H2,1-2H3. The van der Waals surface area contributed by atoms with Crippen molar-refractivity contribution in [3.63, 3.8) is 0 Å². The van der Waals surface area contributed by atoms with Gasteiger partial charge in [-0.25, -0.2) is 0 Å². The number of rotatable bonds is 11. The van der Waals surface area contributed by atoms with Gasteiger partial charge >= 0.3 is 0 Å². The maximum Gasteiger partial charge on any atom is 0.241 e. The van der Waals surface area contributed by atoms with Crippen LogP contribution in [0, 0.1) is 5.92 Å². The highest BCUT2D eigenvalue weighted by Crippen LogP contribution is 2.18. The first kappa shape index (κ1) is 29.4. The largest absolute Gasteiger partial charge is 0.345 e. The SMILES string of the molecule is CC(C)Cc1cccc([Si](Cn2ccnc2[B]C(=Cc2ccccc2)c2ccccc2)(c2ccccc2)c2ccccc2)c1. The van der Waals surface area contributed by atoms with Crippen molar-refractivity contribution in [1.29, 1.82) is 0 Å². The Hall–Kier alpha value is -4.67. The zero-order chi connectivity index (χ0) is 30.2. The summed E-state index contributed by atoms with van der Waals surface area (Å²) < 4.78 is 2.38. The van der Waals surface area contributed by atoms with Gasteiger partial charge in [0, 0.05) is 18.6 Å². The van der Waals surface area contributed by atoms with E-state index in [-0.39, 0.29) is 0 Å². The highest BCUT2D eigenvalue weighted by atomic mass is 28.3. The summed E-state index contributed by atoms with van der Waals surface area (Å²) in [5.74, 6) is 0.595. The molecule has 0 atom stereocenters. The molecule has 0 aliphatic rings. The summed E-state index contributed by atoms with van der Waals surface area (Å²) in [6.07, 6.45) is 8.26. The molecule has 0 aliphatic carbocycles. The first-order valence-corrected chi connectivity index (χ1v) is 17.7. The second-order valence-corrected chi connectivity index (χ2v) is 15.7. The minimum absolute atomic E-state index is 0.595. The summed E-state index contributed by atoms with van der Waals surface area (Å²) in [6.45, 7) is 4.60. The number of aromatic nitrogens is 2. The van der Waals surface area contributed by atoms with Gasteiger partial charge in [-0.15, -0.1) is 0 Å². The van der Waals surface area contributed by atoms with Crippen LogP contribution in [0.2, 0.25) is 0 Å². The molecule has 5 aromatic carbocycles. The lowest BCUT2D eigenvalue weighted by molar-refractivity contribution is 0.647. The van der Waals surface area contributed by atoms with Crippen molar-refractivity contribution in [2.75, 3.05) is 0 Å². The third kappa shape index (κ3) is 6.61. The van der Waals surface area contributed by atoms with Crippen molar-refractivity contribution >= 4 is 48.2 Å². The Morgan fingerprint density at radius 2 is 1.27 bits per heavy atom. The van der Waals surface area contributed by atoms with Crippen LogP contribution in [0.1, 0.15) is 30.5 Å². The highest BCUT2D eigenvalue weighted by Gasteiger charge is 2.40. The van der Waals surface area contributed by atoms with E-state index in [0.717, 1.165) is 23.8 Å². The Labute approximate surface area is 264 Å². The van der Waals surface area contributed by atoms with Gasteiger partial charge in [-0.05, 0) is 44.6 Å². The Morgan fingerprint density at radius 1 is 0.705 bits per heavy atom. The topological polar surface area (TPSA) is 17.8 Å². The fourth-order valence-electron chi connectivity index (χ4n) is 6.21. The number of hydrogen-bond acceptors (Lipinski definition) is 1. The van der Waals surface area contributed by atoms with E-state index in [1.165, 1.54) is 32.3 Å². The number of hydrogen-bond donors (Lipinski definition) is 0. The Balaban J connectivity index is 1.49. The highest BCUT2D eigenvalue weighted by molar-refractivity contribution is 7.10. The molecule has 2 nitrogen and oxygen atoms in total. The van der Waals surface area contributed by atoms with Crippen LogP contribution in [0.25, 0.3) is 11.5 Å². The molecule has 6 rings (SSSR count). The van der Waals surface area contributed by atoms with Crippen LogP contribution in [0.4, 0.5) is 0 Å². The minimum Gasteiger partial charge on any atom is -0.345 e. The summed E-state index contributed by atoms with van der Waals surface area (Å²) >= 11 is 0. The first-order chi connectivity index (χ1) is 21.6. The van der Waals surface area contributed by atoms with Gasteiger partial charge in [-0.1, -0.05) is 171 Å². The molecule has 1 heterocycles. The van der Waals surface area contributed by atoms with Crippen LogP contribution >= 0.6 is 0 Å². The average molecular weight is 586 g/mol. The van der Waals surface area contributed by atoms with Gasteiger partial charge < -0.3 is 4.57 Å². The van der Waals surface area contributed by atoms with Crippen molar-refractivity contribution in [1.82, 2.24) is 9.55 Å². The zero-order valence-corrected chi connectivity index (χ0v) is 26.6. The molecule has 0 spiro atoms. The lowest BCUT2D eigenvalue weighted by Crippen LogP contribution is -2.70. The van der Waals surface area contributed by atoms with Crippen LogP contribution in [-0.2, 0) is 12.6 Å². The van der Waals surface area contributed by atoms with Gasteiger partial charge in [0.15, 0.2) is 8.07 Å². The summed E-state index contributed by atoms with van der Waals surface area (Å²) in [7, 11) is -0.320. The van der Waals surface area contributed by atoms with Crippen molar-refractivity contribution in [3.05, 3.63) is 175 Å². The third-order valence-electron chi connectivity index (χ3n) is 8.27. The normalized spacial score (nSPS) is 11.9. The molecule has 0 N–H and O–H groups in total. The predicted octanol–water partition coefficient (Wildman–Crippen LogP) is 6.32. The Morgan fingerprint density at radius 3 is 1.89 bits per heavy atom. The quantitative estimate of drug-likeness (QED) is 0.0989. The van der Waals surface area contributed by atoms with Gasteiger partial charge in [0.1, 0.15) is 0 Å². The lowest BCUT2D eigenvalue weighted by Gasteiger charge is -2.35. The van der Waals surface area contributed by atoms with E-state index in [2.05, 4.69) is 184 Å². The molecule has 0 saturated carbocycles. The van der Waals surface area contributed by atoms with Crippen molar-refractivity contribution in [2.24, 2.45) is 5.92 Å². The molecular formula is C40H38BN2Si. The second kappa shape index (κ2) is 13.7. The van der Waals surface area contributed by atoms with Crippen LogP contribution < -0.4 is 21.3 Å². The summed E-state index contributed by atoms with van der Waals surface area (Å²) in [4.78, 5) is 4.93. The Kier molecular flexibility index (Phi) is 9.19. The number of imidazole rings is 1. The molecule has 0 unspecified atom stereocenters. The molecule has 6 aromatic rings. The van der Waals surface area contributed by atoms with E-state index in [9.17, 15) is 0 Å². The molecule has 4 heteroatoms. The fraction of sp³-hybridized carbons (Fsp3) is 0.125. The molecule has 1 radical (unpaired) electrons. The van der Waals surface area contributed by atoms with Crippen molar-refractivity contribution in [3.8, 4) is 0 Å². The van der Waals surface area contributed by atoms with Crippen LogP contribution in [0.5, 0.6) is 0 Å². The first-order valence-electron chi connectivity index (χ1n) is 15.5. The lowest BCUT2D eigenvalue weighted by atomic mass is 9.65. The monoisotopic (exact) mass is 585 g/mol. The van der Waals surface area contributed by atoms with E-state index in [0.29, 0.717) is 5.92 Å². The minimum atomic E-state index is -2.56. The third-order valence-corrected chi connectivity index (χ3v) is 13.0. The van der Waals surface area contributed by atoms with Gasteiger partial charge in [-0.2, -0.15) is 0 Å². The van der Waals surface area contributed by atoms with Crippen LogP contribution in [-0.4, -0.2) is 24.9 Å². The van der Waals surface area contributed by atoms with E-state index in [1.807, 2.05) is 6.20 Å². The van der Waals surface area contributed by atoms with E-state index in [4.69, 9.17) is 4.98 Å². The van der Waals surface area contributed by atoms with E-state index >= 15 is 0 Å². The smallest absolute Gasteiger partial charge is 0.241 e. The molecule has 0 saturated heterocycles. The maximum atomic E-state index is 4.93. The molecular weight excluding hydrogens is 547 g/mol. The van der Waals surface area contributed by atoms with Gasteiger partial charge in [0.05, 0.1) is 5.72 Å². The van der Waals surface area contributed by atoms with Crippen molar-refractivity contribution in [2.45, 2.75) is 26.4 Å². The zero-order valence-electron chi connectivity index (χ0n) is 25.6. The van der Waals surface area contributed by atoms with Gasteiger partial charge in [-0.3, -0.25) is 4.98 Å². The second-order valence-electron chi connectivity index (χ2n) is 11.9. The summed E-state index contributed by atoms with van der Waals surface area (Å²) in [5, 5.41) is 4.22. The average Bonchev–Trinajstić information content (AvgIpc) is 3.51. The Bertz CT molecular complexity index is 1760. The molecule has 215 valence electrons. The van der Waals surface area contributed by atoms with Crippen LogP contribution in [0.3, 0.4) is 0 Å². The van der Waals surface area contributed by atoms with E-state index in [1.54, 1.807) is 0 Å². The molecule has 0 bridgehead atoms. The number of nitrogens with zero attached hydrogens (tertiary/aromatic N) is 2. The predicted molar refractivity (Wildman–Crippen MR) is 191 cm³/mol. The summed E-state index contributed by atoms with van der Waals surface area (Å²) in [6, 6.07) is 52.9. The maximum absolute atomic E-state index is 4.93. The molecule has 0 fully saturated rings. The molecule has 1 aromatic heterocycles. The molecule has 0 amide bonds. The molecule has 0 aliphatic heterocycles. The van der Waals surface area contributed by atoms with Gasteiger partial charge in [0.2, 0.25) is 7.28 Å².